The molecule has 0 bridgehead atoms. The Morgan fingerprint density at radius 1 is 0.952 bits per heavy atom. The average Bonchev–Trinajstić information content (AvgIpc) is 3.33. The molecule has 3 N–H and O–H groups in total. The van der Waals surface area contributed by atoms with Crippen LogP contribution in [0.15, 0.2) is 90.2 Å². The van der Waals surface area contributed by atoms with Gasteiger partial charge in [0.2, 0.25) is 12.7 Å². The van der Waals surface area contributed by atoms with E-state index in [2.05, 4.69) is 60.0 Å². The number of carboxylic acid groups (broad SMARTS) is 1. The average molecular weight is 571 g/mol. The maximum absolute atomic E-state index is 13.0. The summed E-state index contributed by atoms with van der Waals surface area (Å²) < 4.78 is 10.7. The molecule has 3 aromatic rings. The van der Waals surface area contributed by atoms with Gasteiger partial charge in [0, 0.05) is 31.1 Å². The zero-order chi connectivity index (χ0) is 30.5. The fraction of sp³-hybridized carbons (Fsp3) is 0.265. The Balaban J connectivity index is 0.000000308. The molecule has 8 nitrogen and oxygen atoms in total. The van der Waals surface area contributed by atoms with Gasteiger partial charge in [0.15, 0.2) is 11.5 Å². The first-order chi connectivity index (χ1) is 20.3. The molecule has 42 heavy (non-hydrogen) atoms. The summed E-state index contributed by atoms with van der Waals surface area (Å²) in [5, 5.41) is 17.1. The summed E-state index contributed by atoms with van der Waals surface area (Å²) in [7, 11) is 0. The van der Waals surface area contributed by atoms with E-state index < -0.39 is 5.97 Å². The number of hydrogen-bond acceptors (Lipinski definition) is 5. The predicted molar refractivity (Wildman–Crippen MR) is 164 cm³/mol. The monoisotopic (exact) mass is 570 g/mol. The third-order valence-electron chi connectivity index (χ3n) is 6.32. The van der Waals surface area contributed by atoms with E-state index in [0.717, 1.165) is 5.57 Å². The van der Waals surface area contributed by atoms with E-state index in [1.165, 1.54) is 23.3 Å². The summed E-state index contributed by atoms with van der Waals surface area (Å²) in [6.45, 7) is 7.77. The molecule has 1 heterocycles. The number of aliphatic carboxylic acids is 1. The Kier molecular flexibility index (Phi) is 11.9. The Labute approximate surface area is 246 Å². The number of aryl methyl sites for hydroxylation is 1. The molecule has 0 aromatic heterocycles. The number of fused-ring (bicyclic) bond motifs is 2. The minimum absolute atomic E-state index is 0.0204. The van der Waals surface area contributed by atoms with Gasteiger partial charge in [-0.05, 0) is 66.0 Å². The van der Waals surface area contributed by atoms with Crippen LogP contribution in [0, 0.1) is 6.92 Å². The second-order valence-corrected chi connectivity index (χ2v) is 9.49. The van der Waals surface area contributed by atoms with E-state index in [-0.39, 0.29) is 31.6 Å². The quantitative estimate of drug-likeness (QED) is 0.295. The summed E-state index contributed by atoms with van der Waals surface area (Å²) in [4.78, 5) is 35.1. The first-order valence-corrected chi connectivity index (χ1v) is 14.0. The smallest absolute Gasteiger partial charge is 0.303 e. The van der Waals surface area contributed by atoms with E-state index in [4.69, 9.17) is 14.6 Å². The lowest BCUT2D eigenvalue weighted by molar-refractivity contribution is -0.137. The van der Waals surface area contributed by atoms with Gasteiger partial charge in [0.1, 0.15) is 0 Å². The Morgan fingerprint density at radius 2 is 1.67 bits per heavy atom. The number of hydrogen-bond donors (Lipinski definition) is 3. The Bertz CT molecular complexity index is 1520. The second-order valence-electron chi connectivity index (χ2n) is 9.49. The highest BCUT2D eigenvalue weighted by Gasteiger charge is 2.21. The number of carbonyl (C=O) groups excluding carboxylic acids is 2. The molecule has 1 aliphatic heterocycles. The molecule has 5 rings (SSSR count). The topological polar surface area (TPSA) is 114 Å². The van der Waals surface area contributed by atoms with Crippen LogP contribution in [0.2, 0.25) is 0 Å². The van der Waals surface area contributed by atoms with Crippen molar-refractivity contribution in [3.8, 4) is 11.5 Å². The fourth-order valence-electron chi connectivity index (χ4n) is 4.29. The molecule has 0 unspecified atom stereocenters. The first kappa shape index (κ1) is 31.7. The van der Waals surface area contributed by atoms with Crippen LogP contribution in [-0.4, -0.2) is 29.7 Å². The van der Waals surface area contributed by atoms with Crippen molar-refractivity contribution in [1.82, 2.24) is 10.6 Å². The van der Waals surface area contributed by atoms with E-state index in [9.17, 15) is 14.4 Å². The largest absolute Gasteiger partial charge is 0.481 e. The van der Waals surface area contributed by atoms with Crippen LogP contribution in [0.1, 0.15) is 61.5 Å². The minimum Gasteiger partial charge on any atom is -0.481 e. The SMILES string of the molecule is CC.CC(=O)NCc1cc2c(cc1C(=O)NC1=CC(CCC(=O)O)=CCC=C1)OCO2.Cc1ccc2ccccc2c1. The van der Waals surface area contributed by atoms with Crippen molar-refractivity contribution < 1.29 is 29.0 Å². The van der Waals surface area contributed by atoms with Crippen molar-refractivity contribution in [2.45, 2.75) is 53.5 Å². The summed E-state index contributed by atoms with van der Waals surface area (Å²) in [6.07, 6.45) is 8.43. The molecule has 0 atom stereocenters. The molecular weight excluding hydrogens is 532 g/mol. The number of amides is 2. The minimum atomic E-state index is -0.870. The zero-order valence-corrected chi connectivity index (χ0v) is 24.5. The van der Waals surface area contributed by atoms with Crippen LogP contribution in [0.25, 0.3) is 10.8 Å². The molecule has 2 amide bonds. The van der Waals surface area contributed by atoms with Gasteiger partial charge in [-0.25, -0.2) is 0 Å². The number of carbonyl (C=O) groups is 3. The Morgan fingerprint density at radius 3 is 2.38 bits per heavy atom. The maximum atomic E-state index is 13.0. The maximum Gasteiger partial charge on any atom is 0.303 e. The molecule has 0 fully saturated rings. The normalized spacial score (nSPS) is 12.9. The Hall–Kier alpha value is -4.85. The molecule has 8 heteroatoms. The standard InChI is InChI=1S/C21H22N2O6.C11H10.C2H6/c1-13(24)22-11-15-9-18-19(29-12-28-18)10-17(15)21(27)23-16-5-3-2-4-14(8-16)6-7-20(25)26;1-9-6-7-10-4-2-3-5-11(10)8-9;1-2/h3-5,8-10H,2,6-7,11-12H2,1H3,(H,22,24)(H,23,27)(H,25,26);2-8H,1H3;1-2H3. The number of ether oxygens (including phenoxy) is 2. The molecular formula is C34H38N2O6. The van der Waals surface area contributed by atoms with Crippen molar-refractivity contribution in [1.29, 1.82) is 0 Å². The summed E-state index contributed by atoms with van der Waals surface area (Å²) >= 11 is 0. The lowest BCUT2D eigenvalue weighted by Gasteiger charge is -2.13. The summed E-state index contributed by atoms with van der Waals surface area (Å²) in [5.74, 6) is -0.454. The number of nitrogens with one attached hydrogen (secondary N) is 2. The molecule has 3 aromatic carbocycles. The number of allylic oxidation sites excluding steroid dienone is 5. The molecule has 2 aliphatic rings. The van der Waals surface area contributed by atoms with Crippen LogP contribution in [0.5, 0.6) is 11.5 Å². The van der Waals surface area contributed by atoms with Gasteiger partial charge < -0.3 is 25.2 Å². The number of carboxylic acids is 1. The molecule has 0 radical (unpaired) electrons. The van der Waals surface area contributed by atoms with Gasteiger partial charge in [-0.1, -0.05) is 74.0 Å². The third-order valence-corrected chi connectivity index (χ3v) is 6.32. The highest BCUT2D eigenvalue weighted by atomic mass is 16.7. The number of benzene rings is 3. The van der Waals surface area contributed by atoms with Gasteiger partial charge in [0.05, 0.1) is 0 Å². The fourth-order valence-corrected chi connectivity index (χ4v) is 4.29. The van der Waals surface area contributed by atoms with Crippen LogP contribution < -0.4 is 20.1 Å². The van der Waals surface area contributed by atoms with Crippen molar-refractivity contribution in [3.63, 3.8) is 0 Å². The molecule has 0 saturated heterocycles. The molecule has 0 spiro atoms. The van der Waals surface area contributed by atoms with Gasteiger partial charge in [-0.15, -0.1) is 0 Å². The van der Waals surface area contributed by atoms with E-state index in [0.29, 0.717) is 41.2 Å². The number of rotatable bonds is 7. The highest BCUT2D eigenvalue weighted by Crippen LogP contribution is 2.35. The van der Waals surface area contributed by atoms with Crippen molar-refractivity contribution >= 4 is 28.6 Å². The van der Waals surface area contributed by atoms with E-state index >= 15 is 0 Å². The first-order valence-electron chi connectivity index (χ1n) is 14.0. The van der Waals surface area contributed by atoms with Gasteiger partial charge in [0.25, 0.3) is 5.91 Å². The van der Waals surface area contributed by atoms with Crippen LogP contribution in [0.3, 0.4) is 0 Å². The summed E-state index contributed by atoms with van der Waals surface area (Å²) in [6, 6.07) is 18.2. The molecule has 220 valence electrons. The van der Waals surface area contributed by atoms with Gasteiger partial charge in [-0.3, -0.25) is 14.4 Å². The van der Waals surface area contributed by atoms with E-state index in [1.54, 1.807) is 24.3 Å². The lowest BCUT2D eigenvalue weighted by Crippen LogP contribution is -2.26. The third kappa shape index (κ3) is 9.37. The van der Waals surface area contributed by atoms with Crippen molar-refractivity contribution in [3.05, 3.63) is 107 Å². The van der Waals surface area contributed by atoms with E-state index in [1.807, 2.05) is 26.0 Å². The zero-order valence-electron chi connectivity index (χ0n) is 24.5. The second kappa shape index (κ2) is 15.8. The van der Waals surface area contributed by atoms with Gasteiger partial charge in [-0.2, -0.15) is 0 Å². The summed E-state index contributed by atoms with van der Waals surface area (Å²) in [5.41, 5.74) is 3.69. The highest BCUT2D eigenvalue weighted by molar-refractivity contribution is 5.98. The van der Waals surface area contributed by atoms with Crippen LogP contribution in [-0.2, 0) is 16.1 Å². The molecule has 1 aliphatic carbocycles. The predicted octanol–water partition coefficient (Wildman–Crippen LogP) is 6.59. The van der Waals surface area contributed by atoms with Crippen molar-refractivity contribution in [2.75, 3.05) is 6.79 Å². The lowest BCUT2D eigenvalue weighted by atomic mass is 10.0. The van der Waals surface area contributed by atoms with Crippen molar-refractivity contribution in [2.24, 2.45) is 0 Å². The van der Waals surface area contributed by atoms with Gasteiger partial charge >= 0.3 is 5.97 Å². The van der Waals surface area contributed by atoms with Crippen LogP contribution in [0.4, 0.5) is 0 Å². The molecule has 0 saturated carbocycles. The van der Waals surface area contributed by atoms with Crippen LogP contribution >= 0.6 is 0 Å².